The van der Waals surface area contributed by atoms with E-state index in [1.165, 1.54) is 0 Å². The fraction of sp³-hybridized carbons (Fsp3) is 0.933. The Morgan fingerprint density at radius 1 is 1.47 bits per heavy atom. The molecule has 2 saturated heterocycles. The molecule has 2 aliphatic rings. The Balaban J connectivity index is 1.90. The van der Waals surface area contributed by atoms with Crippen LogP contribution in [0.2, 0.25) is 0 Å². The molecule has 2 fully saturated rings. The summed E-state index contributed by atoms with van der Waals surface area (Å²) < 4.78 is 5.39. The summed E-state index contributed by atoms with van der Waals surface area (Å²) >= 11 is 0. The number of piperidine rings is 1. The van der Waals surface area contributed by atoms with E-state index in [4.69, 9.17) is 4.74 Å². The molecule has 0 spiro atoms. The molecule has 0 radical (unpaired) electrons. The van der Waals surface area contributed by atoms with Gasteiger partial charge in [-0.3, -0.25) is 4.79 Å². The Bertz CT molecular complexity index is 295. The van der Waals surface area contributed by atoms with Crippen LogP contribution in [0, 0.1) is 11.3 Å². The Hall–Kier alpha value is -0.610. The van der Waals surface area contributed by atoms with Gasteiger partial charge in [-0.1, -0.05) is 6.92 Å². The molecule has 4 heteroatoms. The van der Waals surface area contributed by atoms with Gasteiger partial charge in [-0.15, -0.1) is 0 Å². The van der Waals surface area contributed by atoms with E-state index in [0.717, 1.165) is 58.4 Å². The van der Waals surface area contributed by atoms with Crippen LogP contribution < -0.4 is 10.6 Å². The lowest BCUT2D eigenvalue weighted by atomic mass is 9.77. The number of hydrogen-bond acceptors (Lipinski definition) is 3. The van der Waals surface area contributed by atoms with Crippen molar-refractivity contribution in [2.24, 2.45) is 11.3 Å². The molecule has 4 nitrogen and oxygen atoms in total. The van der Waals surface area contributed by atoms with Gasteiger partial charge in [0.05, 0.1) is 5.41 Å². The van der Waals surface area contributed by atoms with Crippen LogP contribution in [0.4, 0.5) is 0 Å². The molecule has 0 saturated carbocycles. The van der Waals surface area contributed by atoms with Crippen molar-refractivity contribution in [1.29, 1.82) is 0 Å². The number of carbonyl (C=O) groups excluding carboxylic acids is 1. The van der Waals surface area contributed by atoms with Crippen molar-refractivity contribution < 1.29 is 9.53 Å². The molecule has 0 bridgehead atoms. The van der Waals surface area contributed by atoms with Crippen LogP contribution in [-0.4, -0.2) is 38.3 Å². The van der Waals surface area contributed by atoms with Gasteiger partial charge in [-0.25, -0.2) is 0 Å². The molecule has 1 amide bonds. The van der Waals surface area contributed by atoms with Crippen LogP contribution in [0.15, 0.2) is 0 Å². The molecule has 0 aliphatic carbocycles. The molecule has 0 aromatic heterocycles. The maximum atomic E-state index is 12.6. The first-order valence-corrected chi connectivity index (χ1v) is 7.77. The molecule has 2 heterocycles. The van der Waals surface area contributed by atoms with Crippen LogP contribution in [0.25, 0.3) is 0 Å². The molecule has 0 aromatic rings. The first-order valence-electron chi connectivity index (χ1n) is 7.77. The zero-order valence-electron chi connectivity index (χ0n) is 12.3. The summed E-state index contributed by atoms with van der Waals surface area (Å²) in [6.07, 6.45) is 5.18. The largest absolute Gasteiger partial charge is 0.381 e. The Kier molecular flexibility index (Phi) is 5.22. The predicted octanol–water partition coefficient (Wildman–Crippen LogP) is 1.70. The zero-order chi connectivity index (χ0) is 13.7. The Labute approximate surface area is 116 Å². The highest BCUT2D eigenvalue weighted by Crippen LogP contribution is 2.31. The minimum atomic E-state index is -0.183. The topological polar surface area (TPSA) is 50.4 Å². The highest BCUT2D eigenvalue weighted by molar-refractivity contribution is 5.83. The van der Waals surface area contributed by atoms with Gasteiger partial charge in [0.1, 0.15) is 0 Å². The van der Waals surface area contributed by atoms with Gasteiger partial charge in [0.2, 0.25) is 5.91 Å². The molecular weight excluding hydrogens is 240 g/mol. The van der Waals surface area contributed by atoms with Gasteiger partial charge >= 0.3 is 0 Å². The first kappa shape index (κ1) is 14.8. The molecule has 2 aliphatic heterocycles. The molecule has 2 atom stereocenters. The predicted molar refractivity (Wildman–Crippen MR) is 76.0 cm³/mol. The van der Waals surface area contributed by atoms with Crippen molar-refractivity contribution in [3.8, 4) is 0 Å². The van der Waals surface area contributed by atoms with Gasteiger partial charge in [-0.05, 0) is 51.5 Å². The van der Waals surface area contributed by atoms with Gasteiger partial charge in [0, 0.05) is 25.8 Å². The minimum absolute atomic E-state index is 0.183. The van der Waals surface area contributed by atoms with E-state index in [-0.39, 0.29) is 17.4 Å². The van der Waals surface area contributed by atoms with Crippen LogP contribution in [0.3, 0.4) is 0 Å². The Morgan fingerprint density at radius 2 is 2.21 bits per heavy atom. The summed E-state index contributed by atoms with van der Waals surface area (Å²) in [6.45, 7) is 7.83. The molecule has 2 unspecified atom stereocenters. The van der Waals surface area contributed by atoms with Crippen LogP contribution in [0.5, 0.6) is 0 Å². The lowest BCUT2D eigenvalue weighted by Crippen LogP contribution is -2.53. The lowest BCUT2D eigenvalue weighted by molar-refractivity contribution is -0.133. The molecule has 0 aromatic carbocycles. The minimum Gasteiger partial charge on any atom is -0.381 e. The quantitative estimate of drug-likeness (QED) is 0.816. The van der Waals surface area contributed by atoms with Gasteiger partial charge in [-0.2, -0.15) is 0 Å². The molecule has 19 heavy (non-hydrogen) atoms. The number of rotatable bonds is 4. The third-order valence-corrected chi connectivity index (χ3v) is 4.96. The SMILES string of the molecule is CCC1(C(=O)NC(C)C2CCOCC2)CCCNC1. The second-order valence-electron chi connectivity index (χ2n) is 6.13. The fourth-order valence-electron chi connectivity index (χ4n) is 3.32. The third kappa shape index (κ3) is 3.48. The van der Waals surface area contributed by atoms with Crippen molar-refractivity contribution in [3.63, 3.8) is 0 Å². The lowest BCUT2D eigenvalue weighted by Gasteiger charge is -2.38. The summed E-state index contributed by atoms with van der Waals surface area (Å²) in [5, 5.41) is 6.66. The Morgan fingerprint density at radius 3 is 2.79 bits per heavy atom. The van der Waals surface area contributed by atoms with Crippen LogP contribution in [0.1, 0.15) is 46.0 Å². The normalized spacial score (nSPS) is 30.8. The van der Waals surface area contributed by atoms with Gasteiger partial charge < -0.3 is 15.4 Å². The third-order valence-electron chi connectivity index (χ3n) is 4.96. The second kappa shape index (κ2) is 6.71. The van der Waals surface area contributed by atoms with E-state index in [0.29, 0.717) is 5.92 Å². The molecular formula is C15H28N2O2. The number of nitrogens with one attached hydrogen (secondary N) is 2. The summed E-state index contributed by atoms with van der Waals surface area (Å²) in [6, 6.07) is 0.266. The fourth-order valence-corrected chi connectivity index (χ4v) is 3.32. The van der Waals surface area contributed by atoms with Gasteiger partial charge in [0.25, 0.3) is 0 Å². The average Bonchev–Trinajstić information content (AvgIpc) is 2.48. The maximum absolute atomic E-state index is 12.6. The monoisotopic (exact) mass is 268 g/mol. The van der Waals surface area contributed by atoms with E-state index < -0.39 is 0 Å². The summed E-state index contributed by atoms with van der Waals surface area (Å²) in [5.74, 6) is 0.823. The van der Waals surface area contributed by atoms with Crippen molar-refractivity contribution in [2.75, 3.05) is 26.3 Å². The van der Waals surface area contributed by atoms with E-state index in [1.807, 2.05) is 0 Å². The van der Waals surface area contributed by atoms with E-state index >= 15 is 0 Å². The molecule has 110 valence electrons. The molecule has 2 rings (SSSR count). The standard InChI is InChI=1S/C15H28N2O2/c1-3-15(7-4-8-16-11-15)14(18)17-12(2)13-5-9-19-10-6-13/h12-13,16H,3-11H2,1-2H3,(H,17,18). The number of hydrogen-bond donors (Lipinski definition) is 2. The number of amides is 1. The van der Waals surface area contributed by atoms with Crippen molar-refractivity contribution in [3.05, 3.63) is 0 Å². The summed E-state index contributed by atoms with van der Waals surface area (Å²) in [5.41, 5.74) is -0.183. The van der Waals surface area contributed by atoms with E-state index in [2.05, 4.69) is 24.5 Å². The summed E-state index contributed by atoms with van der Waals surface area (Å²) in [4.78, 5) is 12.6. The van der Waals surface area contributed by atoms with Crippen LogP contribution >= 0.6 is 0 Å². The van der Waals surface area contributed by atoms with Crippen molar-refractivity contribution in [2.45, 2.75) is 52.0 Å². The summed E-state index contributed by atoms with van der Waals surface area (Å²) in [7, 11) is 0. The smallest absolute Gasteiger partial charge is 0.227 e. The number of ether oxygens (including phenoxy) is 1. The van der Waals surface area contributed by atoms with Crippen molar-refractivity contribution >= 4 is 5.91 Å². The van der Waals surface area contributed by atoms with Crippen molar-refractivity contribution in [1.82, 2.24) is 10.6 Å². The van der Waals surface area contributed by atoms with E-state index in [9.17, 15) is 4.79 Å². The maximum Gasteiger partial charge on any atom is 0.227 e. The number of carbonyl (C=O) groups is 1. The average molecular weight is 268 g/mol. The zero-order valence-corrected chi connectivity index (χ0v) is 12.3. The second-order valence-corrected chi connectivity index (χ2v) is 6.13. The van der Waals surface area contributed by atoms with Gasteiger partial charge in [0.15, 0.2) is 0 Å². The van der Waals surface area contributed by atoms with E-state index in [1.54, 1.807) is 0 Å². The molecule has 2 N–H and O–H groups in total. The first-order chi connectivity index (χ1) is 9.18. The highest BCUT2D eigenvalue weighted by atomic mass is 16.5. The van der Waals surface area contributed by atoms with Crippen LogP contribution in [-0.2, 0) is 9.53 Å². The highest BCUT2D eigenvalue weighted by Gasteiger charge is 2.38.